The highest BCUT2D eigenvalue weighted by atomic mass is 79.9. The number of ether oxygens (including phenoxy) is 2. The Hall–Kier alpha value is -2.01. The number of carbonyl (C=O) groups is 1. The molecule has 5 heteroatoms. The molecule has 1 saturated carbocycles. The smallest absolute Gasteiger partial charge is 0.224 e. The van der Waals surface area contributed by atoms with Gasteiger partial charge in [0.05, 0.1) is 19.3 Å². The molecule has 0 bridgehead atoms. The lowest BCUT2D eigenvalue weighted by atomic mass is 10.1. The highest BCUT2D eigenvalue weighted by Gasteiger charge is 2.44. The van der Waals surface area contributed by atoms with Gasteiger partial charge in [0.2, 0.25) is 5.91 Å². The second kappa shape index (κ2) is 7.31. The number of nitrogens with one attached hydrogen (secondary N) is 1. The summed E-state index contributed by atoms with van der Waals surface area (Å²) in [4.78, 5) is 12.6. The monoisotopic (exact) mass is 415 g/mol. The molecule has 1 amide bonds. The van der Waals surface area contributed by atoms with Gasteiger partial charge in [0.15, 0.2) is 11.5 Å². The summed E-state index contributed by atoms with van der Waals surface area (Å²) >= 11 is 3.50. The molecule has 26 heavy (non-hydrogen) atoms. The first-order valence-electron chi connectivity index (χ1n) is 9.07. The zero-order valence-electron chi connectivity index (χ0n) is 14.7. The number of amides is 1. The van der Waals surface area contributed by atoms with Gasteiger partial charge in [-0.1, -0.05) is 34.1 Å². The fourth-order valence-electron chi connectivity index (χ4n) is 3.44. The topological polar surface area (TPSA) is 47.6 Å². The van der Waals surface area contributed by atoms with Crippen molar-refractivity contribution in [1.82, 2.24) is 5.32 Å². The van der Waals surface area contributed by atoms with Crippen LogP contribution in [0, 0.1) is 5.92 Å². The maximum absolute atomic E-state index is 12.6. The van der Waals surface area contributed by atoms with E-state index in [1.165, 1.54) is 5.56 Å². The van der Waals surface area contributed by atoms with E-state index in [2.05, 4.69) is 33.4 Å². The van der Waals surface area contributed by atoms with E-state index in [1.807, 2.05) is 37.3 Å². The summed E-state index contributed by atoms with van der Waals surface area (Å²) in [5, 5.41) is 3.15. The Bertz CT molecular complexity index is 823. The molecule has 2 aromatic rings. The molecular weight excluding hydrogens is 394 g/mol. The maximum Gasteiger partial charge on any atom is 0.224 e. The van der Waals surface area contributed by atoms with Gasteiger partial charge in [0, 0.05) is 16.8 Å². The van der Waals surface area contributed by atoms with Crippen molar-refractivity contribution in [1.29, 1.82) is 0 Å². The fraction of sp³-hybridized carbons (Fsp3) is 0.381. The van der Waals surface area contributed by atoms with Crippen LogP contribution in [0.4, 0.5) is 0 Å². The second-order valence-corrected chi connectivity index (χ2v) is 7.91. The molecule has 3 atom stereocenters. The Morgan fingerprint density at radius 3 is 2.77 bits per heavy atom. The van der Waals surface area contributed by atoms with E-state index in [0.29, 0.717) is 19.1 Å². The van der Waals surface area contributed by atoms with Crippen LogP contribution in [0.1, 0.15) is 42.9 Å². The zero-order valence-corrected chi connectivity index (χ0v) is 16.3. The molecule has 3 unspecified atom stereocenters. The third kappa shape index (κ3) is 3.73. The van der Waals surface area contributed by atoms with Gasteiger partial charge in [0.1, 0.15) is 0 Å². The average molecular weight is 416 g/mol. The molecule has 0 aromatic heterocycles. The highest BCUT2D eigenvalue weighted by Crippen LogP contribution is 2.48. The molecule has 1 N–H and O–H groups in total. The normalized spacial score (nSPS) is 22.2. The van der Waals surface area contributed by atoms with Crippen LogP contribution >= 0.6 is 15.9 Å². The van der Waals surface area contributed by atoms with Crippen LogP contribution in [0.25, 0.3) is 0 Å². The Morgan fingerprint density at radius 2 is 1.96 bits per heavy atom. The maximum atomic E-state index is 12.6. The van der Waals surface area contributed by atoms with Gasteiger partial charge in [0.25, 0.3) is 0 Å². The predicted octanol–water partition coefficient (Wildman–Crippen LogP) is 4.59. The van der Waals surface area contributed by atoms with Crippen LogP contribution in [-0.4, -0.2) is 19.1 Å². The van der Waals surface area contributed by atoms with Crippen molar-refractivity contribution in [3.63, 3.8) is 0 Å². The SMILES string of the molecule is CC(NC(=O)C1CC1c1cccc(Br)c1)c1ccc2c(c1)OCCCO2. The van der Waals surface area contributed by atoms with Gasteiger partial charge < -0.3 is 14.8 Å². The van der Waals surface area contributed by atoms with E-state index >= 15 is 0 Å². The molecule has 2 aliphatic rings. The summed E-state index contributed by atoms with van der Waals surface area (Å²) in [6.45, 7) is 3.35. The Morgan fingerprint density at radius 1 is 1.15 bits per heavy atom. The van der Waals surface area contributed by atoms with Crippen molar-refractivity contribution in [3.8, 4) is 11.5 Å². The molecule has 1 fully saturated rings. The van der Waals surface area contributed by atoms with E-state index in [4.69, 9.17) is 9.47 Å². The molecule has 2 aromatic carbocycles. The van der Waals surface area contributed by atoms with E-state index in [1.54, 1.807) is 0 Å². The molecule has 1 heterocycles. The van der Waals surface area contributed by atoms with E-state index in [0.717, 1.165) is 34.4 Å². The van der Waals surface area contributed by atoms with Crippen LogP contribution in [0.3, 0.4) is 0 Å². The summed E-state index contributed by atoms with van der Waals surface area (Å²) in [6, 6.07) is 14.1. The van der Waals surface area contributed by atoms with Gasteiger partial charge in [-0.05, 0) is 54.7 Å². The molecule has 1 aliphatic heterocycles. The van der Waals surface area contributed by atoms with E-state index in [-0.39, 0.29) is 17.9 Å². The van der Waals surface area contributed by atoms with Crippen molar-refractivity contribution in [3.05, 3.63) is 58.1 Å². The summed E-state index contributed by atoms with van der Waals surface area (Å²) in [6.07, 6.45) is 1.80. The van der Waals surface area contributed by atoms with Crippen molar-refractivity contribution in [2.75, 3.05) is 13.2 Å². The summed E-state index contributed by atoms with van der Waals surface area (Å²) in [5.41, 5.74) is 2.25. The third-order valence-corrected chi connectivity index (χ3v) is 5.53. The number of carbonyl (C=O) groups excluding carboxylic acids is 1. The zero-order chi connectivity index (χ0) is 18.1. The van der Waals surface area contributed by atoms with Crippen LogP contribution in [0.15, 0.2) is 46.9 Å². The van der Waals surface area contributed by atoms with Crippen LogP contribution in [-0.2, 0) is 4.79 Å². The summed E-state index contributed by atoms with van der Waals surface area (Å²) in [7, 11) is 0. The van der Waals surface area contributed by atoms with Crippen molar-refractivity contribution in [2.24, 2.45) is 5.92 Å². The minimum atomic E-state index is -0.0663. The van der Waals surface area contributed by atoms with Gasteiger partial charge in [-0.2, -0.15) is 0 Å². The van der Waals surface area contributed by atoms with E-state index < -0.39 is 0 Å². The highest BCUT2D eigenvalue weighted by molar-refractivity contribution is 9.10. The summed E-state index contributed by atoms with van der Waals surface area (Å²) < 4.78 is 12.5. The molecular formula is C21H22BrNO3. The van der Waals surface area contributed by atoms with Crippen molar-refractivity contribution >= 4 is 21.8 Å². The Kier molecular flexibility index (Phi) is 4.90. The number of benzene rings is 2. The molecule has 136 valence electrons. The lowest BCUT2D eigenvalue weighted by molar-refractivity contribution is -0.123. The molecule has 4 rings (SSSR count). The standard InChI is InChI=1S/C21H22BrNO3/c1-13(14-6-7-19-20(11-14)26-9-3-8-25-19)23-21(24)18-12-17(18)15-4-2-5-16(22)10-15/h2,4-7,10-11,13,17-18H,3,8-9,12H2,1H3,(H,23,24). The van der Waals surface area contributed by atoms with E-state index in [9.17, 15) is 4.79 Å². The van der Waals surface area contributed by atoms with Crippen LogP contribution in [0.2, 0.25) is 0 Å². The minimum Gasteiger partial charge on any atom is -0.490 e. The molecule has 1 aliphatic carbocycles. The van der Waals surface area contributed by atoms with Crippen molar-refractivity contribution < 1.29 is 14.3 Å². The number of rotatable bonds is 4. The van der Waals surface area contributed by atoms with Gasteiger partial charge in [-0.25, -0.2) is 0 Å². The second-order valence-electron chi connectivity index (χ2n) is 6.99. The molecule has 4 nitrogen and oxygen atoms in total. The quantitative estimate of drug-likeness (QED) is 0.793. The van der Waals surface area contributed by atoms with Crippen LogP contribution in [0.5, 0.6) is 11.5 Å². The predicted molar refractivity (Wildman–Crippen MR) is 104 cm³/mol. The lowest BCUT2D eigenvalue weighted by Gasteiger charge is -2.16. The first-order chi connectivity index (χ1) is 12.6. The number of hydrogen-bond donors (Lipinski definition) is 1. The molecule has 0 saturated heterocycles. The molecule has 0 radical (unpaired) electrons. The Labute approximate surface area is 162 Å². The van der Waals surface area contributed by atoms with Crippen molar-refractivity contribution in [2.45, 2.75) is 31.7 Å². The number of fused-ring (bicyclic) bond motifs is 1. The molecule has 0 spiro atoms. The van der Waals surface area contributed by atoms with Gasteiger partial charge >= 0.3 is 0 Å². The number of hydrogen-bond acceptors (Lipinski definition) is 3. The van der Waals surface area contributed by atoms with Crippen LogP contribution < -0.4 is 14.8 Å². The lowest BCUT2D eigenvalue weighted by Crippen LogP contribution is -2.28. The first-order valence-corrected chi connectivity index (χ1v) is 9.86. The van der Waals surface area contributed by atoms with Gasteiger partial charge in [-0.3, -0.25) is 4.79 Å². The largest absolute Gasteiger partial charge is 0.490 e. The fourth-order valence-corrected chi connectivity index (χ4v) is 3.86. The Balaban J connectivity index is 1.40. The first kappa shape index (κ1) is 17.4. The number of halogens is 1. The average Bonchev–Trinajstić information content (AvgIpc) is 3.45. The minimum absolute atomic E-state index is 0.0622. The summed E-state index contributed by atoms with van der Waals surface area (Å²) in [5.74, 6) is 2.05. The van der Waals surface area contributed by atoms with Gasteiger partial charge in [-0.15, -0.1) is 0 Å². The third-order valence-electron chi connectivity index (χ3n) is 5.03.